The standard InChI is InChI=1S/C19H28N4O3S/c1-27(25,26)20-8-7-17(24)21-18-15-11-22-9-10-23(12-15)14-19(18,13-22)16-5-3-2-4-6-16/h2-6,15,18,20H,7-14H2,1H3,(H,21,24)/t15?,18-,19?/m0/s1. The highest BCUT2D eigenvalue weighted by molar-refractivity contribution is 7.88. The third-order valence-electron chi connectivity index (χ3n) is 6.18. The van der Waals surface area contributed by atoms with Crippen LogP contribution in [0.4, 0.5) is 0 Å². The molecule has 4 bridgehead atoms. The van der Waals surface area contributed by atoms with E-state index >= 15 is 0 Å². The van der Waals surface area contributed by atoms with E-state index in [-0.39, 0.29) is 30.3 Å². The fraction of sp³-hybridized carbons (Fsp3) is 0.632. The van der Waals surface area contributed by atoms with Crippen LogP contribution in [0.5, 0.6) is 0 Å². The lowest BCUT2D eigenvalue weighted by molar-refractivity contribution is -0.124. The molecule has 5 rings (SSSR count). The van der Waals surface area contributed by atoms with Crippen LogP contribution >= 0.6 is 0 Å². The van der Waals surface area contributed by atoms with Crippen molar-refractivity contribution in [3.05, 3.63) is 35.9 Å². The van der Waals surface area contributed by atoms with Crippen LogP contribution in [0.2, 0.25) is 0 Å². The van der Waals surface area contributed by atoms with Crippen LogP contribution in [-0.2, 0) is 20.2 Å². The lowest BCUT2D eigenvalue weighted by Crippen LogP contribution is -2.70. The van der Waals surface area contributed by atoms with Gasteiger partial charge in [-0.15, -0.1) is 0 Å². The van der Waals surface area contributed by atoms with Gasteiger partial charge < -0.3 is 15.1 Å². The normalized spacial score (nSPS) is 35.0. The van der Waals surface area contributed by atoms with Crippen molar-refractivity contribution in [2.45, 2.75) is 17.9 Å². The molecule has 4 saturated heterocycles. The van der Waals surface area contributed by atoms with E-state index in [9.17, 15) is 13.2 Å². The Balaban J connectivity index is 1.56. The molecule has 27 heavy (non-hydrogen) atoms. The van der Waals surface area contributed by atoms with E-state index in [4.69, 9.17) is 0 Å². The summed E-state index contributed by atoms with van der Waals surface area (Å²) in [4.78, 5) is 17.7. The van der Waals surface area contributed by atoms with Crippen LogP contribution in [-0.4, -0.2) is 82.2 Å². The van der Waals surface area contributed by atoms with Crippen LogP contribution in [0.25, 0.3) is 0 Å². The summed E-state index contributed by atoms with van der Waals surface area (Å²) in [6, 6.07) is 10.6. The summed E-state index contributed by atoms with van der Waals surface area (Å²) in [5.41, 5.74) is 1.17. The van der Waals surface area contributed by atoms with Crippen molar-refractivity contribution in [1.82, 2.24) is 19.8 Å². The number of benzene rings is 1. The van der Waals surface area contributed by atoms with Crippen molar-refractivity contribution in [3.63, 3.8) is 0 Å². The molecule has 1 aromatic carbocycles. The van der Waals surface area contributed by atoms with Gasteiger partial charge in [-0.2, -0.15) is 0 Å². The Morgan fingerprint density at radius 2 is 1.78 bits per heavy atom. The first-order valence-electron chi connectivity index (χ1n) is 9.60. The lowest BCUT2D eigenvalue weighted by atomic mass is 9.64. The third kappa shape index (κ3) is 3.89. The minimum absolute atomic E-state index is 0.0798. The number of piperidine rings is 2. The molecule has 7 nitrogen and oxygen atoms in total. The molecule has 4 aliphatic heterocycles. The van der Waals surface area contributed by atoms with Crippen molar-refractivity contribution in [1.29, 1.82) is 0 Å². The fourth-order valence-corrected chi connectivity index (χ4v) is 5.64. The number of nitrogens with one attached hydrogen (secondary N) is 2. The number of rotatable bonds is 6. The van der Waals surface area contributed by atoms with Gasteiger partial charge >= 0.3 is 0 Å². The summed E-state index contributed by atoms with van der Waals surface area (Å²) in [5.74, 6) is 0.310. The van der Waals surface area contributed by atoms with E-state index < -0.39 is 10.0 Å². The van der Waals surface area contributed by atoms with E-state index in [2.05, 4.69) is 44.1 Å². The van der Waals surface area contributed by atoms with Gasteiger partial charge in [0, 0.05) is 69.6 Å². The second kappa shape index (κ2) is 7.16. The summed E-state index contributed by atoms with van der Waals surface area (Å²) in [7, 11) is -3.27. The molecule has 4 fully saturated rings. The Morgan fingerprint density at radius 3 is 2.37 bits per heavy atom. The van der Waals surface area contributed by atoms with Crippen LogP contribution in [0.1, 0.15) is 12.0 Å². The smallest absolute Gasteiger partial charge is 0.221 e. The molecule has 0 spiro atoms. The zero-order chi connectivity index (χ0) is 19.1. The first kappa shape index (κ1) is 18.9. The number of nitrogens with zero attached hydrogens (tertiary/aromatic N) is 2. The Labute approximate surface area is 161 Å². The Kier molecular flexibility index (Phi) is 5.00. The van der Waals surface area contributed by atoms with E-state index in [1.165, 1.54) is 5.56 Å². The van der Waals surface area contributed by atoms with E-state index in [0.29, 0.717) is 5.92 Å². The first-order chi connectivity index (χ1) is 12.9. The molecule has 4 aliphatic rings. The highest BCUT2D eigenvalue weighted by Crippen LogP contribution is 2.43. The molecule has 4 heterocycles. The summed E-state index contributed by atoms with van der Waals surface area (Å²) in [6.45, 7) is 6.25. The average molecular weight is 393 g/mol. The summed E-state index contributed by atoms with van der Waals surface area (Å²) < 4.78 is 24.8. The van der Waals surface area contributed by atoms with E-state index in [0.717, 1.165) is 45.5 Å². The third-order valence-corrected chi connectivity index (χ3v) is 6.91. The van der Waals surface area contributed by atoms with Gasteiger partial charge in [0.15, 0.2) is 0 Å². The number of sulfonamides is 1. The Bertz CT molecular complexity index is 782. The van der Waals surface area contributed by atoms with E-state index in [1.807, 2.05) is 6.07 Å². The van der Waals surface area contributed by atoms with Gasteiger partial charge in [0.25, 0.3) is 0 Å². The second-order valence-electron chi connectivity index (χ2n) is 8.21. The first-order valence-corrected chi connectivity index (χ1v) is 11.5. The number of hydrogen-bond donors (Lipinski definition) is 2. The monoisotopic (exact) mass is 392 g/mol. The fourth-order valence-electron chi connectivity index (χ4n) is 5.16. The van der Waals surface area contributed by atoms with Gasteiger partial charge in [0.05, 0.1) is 6.26 Å². The molecular formula is C19H28N4O3S. The highest BCUT2D eigenvalue weighted by atomic mass is 32.2. The zero-order valence-electron chi connectivity index (χ0n) is 15.7. The molecule has 0 aliphatic carbocycles. The van der Waals surface area contributed by atoms with Crippen LogP contribution in [0.3, 0.4) is 0 Å². The van der Waals surface area contributed by atoms with E-state index in [1.54, 1.807) is 0 Å². The number of fused-ring (bicyclic) bond motifs is 1. The molecule has 148 valence electrons. The molecule has 3 atom stereocenters. The number of hydrogen-bond acceptors (Lipinski definition) is 5. The van der Waals surface area contributed by atoms with Crippen LogP contribution in [0, 0.1) is 5.92 Å². The van der Waals surface area contributed by atoms with Gasteiger partial charge in [-0.05, 0) is 5.56 Å². The maximum absolute atomic E-state index is 12.6. The molecule has 1 amide bonds. The summed E-state index contributed by atoms with van der Waals surface area (Å²) in [5, 5.41) is 3.29. The summed E-state index contributed by atoms with van der Waals surface area (Å²) >= 11 is 0. The SMILES string of the molecule is CS(=O)(=O)NCCC(=O)N[C@H]1C2CN3CCN(C2)CC1(c1ccccc1)C3. The minimum Gasteiger partial charge on any atom is -0.352 e. The van der Waals surface area contributed by atoms with Crippen molar-refractivity contribution < 1.29 is 13.2 Å². The lowest BCUT2D eigenvalue weighted by Gasteiger charge is -2.55. The minimum atomic E-state index is -3.27. The Morgan fingerprint density at radius 1 is 1.15 bits per heavy atom. The maximum Gasteiger partial charge on any atom is 0.221 e. The van der Waals surface area contributed by atoms with Crippen molar-refractivity contribution in [2.24, 2.45) is 5.92 Å². The average Bonchev–Trinajstić information content (AvgIpc) is 2.86. The molecule has 2 unspecified atom stereocenters. The topological polar surface area (TPSA) is 81.7 Å². The van der Waals surface area contributed by atoms with Crippen LogP contribution in [0.15, 0.2) is 30.3 Å². The molecule has 0 saturated carbocycles. The summed E-state index contributed by atoms with van der Waals surface area (Å²) in [6.07, 6.45) is 1.27. The Hall–Kier alpha value is -1.48. The molecule has 2 N–H and O–H groups in total. The molecular weight excluding hydrogens is 364 g/mol. The molecule has 0 radical (unpaired) electrons. The van der Waals surface area contributed by atoms with Crippen molar-refractivity contribution >= 4 is 15.9 Å². The van der Waals surface area contributed by atoms with Crippen molar-refractivity contribution in [2.75, 3.05) is 52.1 Å². The largest absolute Gasteiger partial charge is 0.352 e. The zero-order valence-corrected chi connectivity index (χ0v) is 16.5. The predicted octanol–water partition coefficient (Wildman–Crippen LogP) is -0.390. The number of carbonyl (C=O) groups is 1. The quantitative estimate of drug-likeness (QED) is 0.689. The molecule has 8 heteroatoms. The number of carbonyl (C=O) groups excluding carboxylic acids is 1. The van der Waals surface area contributed by atoms with Gasteiger partial charge in [0.2, 0.25) is 15.9 Å². The predicted molar refractivity (Wildman–Crippen MR) is 104 cm³/mol. The molecule has 0 aromatic heterocycles. The maximum atomic E-state index is 12.6. The number of amides is 1. The second-order valence-corrected chi connectivity index (χ2v) is 10.0. The van der Waals surface area contributed by atoms with Crippen LogP contribution < -0.4 is 10.0 Å². The highest BCUT2D eigenvalue weighted by Gasteiger charge is 2.55. The van der Waals surface area contributed by atoms with Gasteiger partial charge in [-0.1, -0.05) is 30.3 Å². The van der Waals surface area contributed by atoms with Gasteiger partial charge in [0.1, 0.15) is 0 Å². The molecule has 1 aromatic rings. The van der Waals surface area contributed by atoms with Gasteiger partial charge in [-0.25, -0.2) is 13.1 Å². The van der Waals surface area contributed by atoms with Crippen molar-refractivity contribution in [3.8, 4) is 0 Å². The van der Waals surface area contributed by atoms with Gasteiger partial charge in [-0.3, -0.25) is 4.79 Å².